The highest BCUT2D eigenvalue weighted by Crippen LogP contribution is 2.33. The number of hydrogen-bond acceptors (Lipinski definition) is 2. The number of nitrogens with one attached hydrogen (secondary N) is 1. The van der Waals surface area contributed by atoms with E-state index in [0.717, 1.165) is 17.8 Å². The molecule has 0 atom stereocenters. The lowest BCUT2D eigenvalue weighted by Crippen LogP contribution is -2.01. The smallest absolute Gasteiger partial charge is 0.145 e. The number of aryl methyl sites for hydroxylation is 2. The van der Waals surface area contributed by atoms with E-state index in [1.165, 1.54) is 11.1 Å². The molecule has 1 aromatic carbocycles. The molecule has 0 saturated heterocycles. The summed E-state index contributed by atoms with van der Waals surface area (Å²) in [5.41, 5.74) is 4.15. The molecule has 0 saturated carbocycles. The maximum Gasteiger partial charge on any atom is 0.145 e. The second-order valence-corrected chi connectivity index (χ2v) is 5.37. The van der Waals surface area contributed by atoms with Crippen LogP contribution in [0.2, 0.25) is 10.0 Å². The molecular weight excluding hydrogens is 279 g/mol. The summed E-state index contributed by atoms with van der Waals surface area (Å²) in [6.07, 6.45) is 0. The average Bonchev–Trinajstić information content (AvgIpc) is 2.31. The normalized spacial score (nSPS) is 10.6. The molecule has 2 rings (SSSR count). The summed E-state index contributed by atoms with van der Waals surface area (Å²) in [7, 11) is 0. The molecule has 1 aromatic heterocycles. The molecule has 2 nitrogen and oxygen atoms in total. The van der Waals surface area contributed by atoms with Gasteiger partial charge < -0.3 is 5.32 Å². The number of rotatable bonds is 3. The summed E-state index contributed by atoms with van der Waals surface area (Å²) in [4.78, 5) is 4.54. The van der Waals surface area contributed by atoms with Gasteiger partial charge in [-0.05, 0) is 39.0 Å². The molecule has 0 aliphatic heterocycles. The average molecular weight is 295 g/mol. The van der Waals surface area contributed by atoms with Crippen molar-refractivity contribution in [3.05, 3.63) is 45.4 Å². The van der Waals surface area contributed by atoms with E-state index in [-0.39, 0.29) is 0 Å². The predicted octanol–water partition coefficient (Wildman–Crippen LogP) is 5.10. The molecule has 0 unspecified atom stereocenters. The first-order valence-corrected chi connectivity index (χ1v) is 6.95. The molecule has 1 heterocycles. The summed E-state index contributed by atoms with van der Waals surface area (Å²) in [5.74, 6) is 0.669. The Morgan fingerprint density at radius 2 is 1.63 bits per heavy atom. The molecule has 0 spiro atoms. The Balaban J connectivity index is 2.57. The zero-order valence-corrected chi connectivity index (χ0v) is 12.7. The molecule has 0 aliphatic carbocycles. The third kappa shape index (κ3) is 3.20. The van der Waals surface area contributed by atoms with Crippen LogP contribution in [0.25, 0.3) is 11.3 Å². The van der Waals surface area contributed by atoms with Gasteiger partial charge in [0.1, 0.15) is 5.82 Å². The predicted molar refractivity (Wildman–Crippen MR) is 83.3 cm³/mol. The van der Waals surface area contributed by atoms with Crippen molar-refractivity contribution < 1.29 is 0 Å². The number of halogens is 2. The number of aromatic nitrogens is 1. The van der Waals surface area contributed by atoms with E-state index in [1.807, 2.05) is 6.92 Å². The number of pyridine rings is 1. The Morgan fingerprint density at radius 3 is 2.21 bits per heavy atom. The molecule has 4 heteroatoms. The van der Waals surface area contributed by atoms with Gasteiger partial charge in [0.2, 0.25) is 0 Å². The van der Waals surface area contributed by atoms with Crippen LogP contribution in [0.1, 0.15) is 18.1 Å². The summed E-state index contributed by atoms with van der Waals surface area (Å²) in [5, 5.41) is 4.25. The first kappa shape index (κ1) is 14.2. The fourth-order valence-electron chi connectivity index (χ4n) is 2.07. The van der Waals surface area contributed by atoms with Crippen LogP contribution in [0.3, 0.4) is 0 Å². The van der Waals surface area contributed by atoms with Crippen LogP contribution in [-0.4, -0.2) is 11.5 Å². The Hall–Kier alpha value is -1.25. The van der Waals surface area contributed by atoms with Crippen molar-refractivity contribution in [1.82, 2.24) is 4.98 Å². The number of hydrogen-bond donors (Lipinski definition) is 1. The number of benzene rings is 1. The molecule has 0 amide bonds. The van der Waals surface area contributed by atoms with Crippen LogP contribution in [0.5, 0.6) is 0 Å². The second kappa shape index (κ2) is 5.81. The van der Waals surface area contributed by atoms with Crippen LogP contribution < -0.4 is 5.32 Å². The molecule has 19 heavy (non-hydrogen) atoms. The van der Waals surface area contributed by atoms with Gasteiger partial charge in [0.25, 0.3) is 0 Å². The van der Waals surface area contributed by atoms with Gasteiger partial charge in [-0.25, -0.2) is 4.98 Å². The van der Waals surface area contributed by atoms with E-state index in [4.69, 9.17) is 23.2 Å². The van der Waals surface area contributed by atoms with Gasteiger partial charge >= 0.3 is 0 Å². The molecule has 100 valence electrons. The zero-order valence-electron chi connectivity index (χ0n) is 11.2. The van der Waals surface area contributed by atoms with Gasteiger partial charge in [0, 0.05) is 12.1 Å². The summed E-state index contributed by atoms with van der Waals surface area (Å²) in [6.45, 7) is 6.89. The second-order valence-electron chi connectivity index (χ2n) is 4.56. The Labute approximate surface area is 123 Å². The third-order valence-corrected chi connectivity index (χ3v) is 3.35. The lowest BCUT2D eigenvalue weighted by Gasteiger charge is -2.11. The number of anilines is 1. The third-order valence-electron chi connectivity index (χ3n) is 2.77. The maximum absolute atomic E-state index is 6.27. The first-order chi connectivity index (χ1) is 9.01. The Bertz CT molecular complexity index is 589. The van der Waals surface area contributed by atoms with Crippen LogP contribution in [0.4, 0.5) is 5.82 Å². The van der Waals surface area contributed by atoms with E-state index in [2.05, 4.69) is 42.3 Å². The van der Waals surface area contributed by atoms with E-state index >= 15 is 0 Å². The fraction of sp³-hybridized carbons (Fsp3) is 0.267. The van der Waals surface area contributed by atoms with Crippen LogP contribution in [0.15, 0.2) is 24.3 Å². The maximum atomic E-state index is 6.27. The van der Waals surface area contributed by atoms with Gasteiger partial charge in [-0.3, -0.25) is 0 Å². The van der Waals surface area contributed by atoms with E-state index in [9.17, 15) is 0 Å². The highest BCUT2D eigenvalue weighted by molar-refractivity contribution is 6.37. The lowest BCUT2D eigenvalue weighted by molar-refractivity contribution is 1.16. The highest BCUT2D eigenvalue weighted by atomic mass is 35.5. The summed E-state index contributed by atoms with van der Waals surface area (Å²) in [6, 6.07) is 8.01. The van der Waals surface area contributed by atoms with Gasteiger partial charge in [-0.1, -0.05) is 40.4 Å². The molecule has 0 bridgehead atoms. The standard InChI is InChI=1S/C15H16Cl2N2/c1-4-18-15-13(17)8-12(16)14(19-15)11-6-9(2)5-10(3)7-11/h5-8H,4H2,1-3H3,(H,18,19). The Morgan fingerprint density at radius 1 is 1.00 bits per heavy atom. The van der Waals surface area contributed by atoms with Crippen LogP contribution in [0, 0.1) is 13.8 Å². The zero-order chi connectivity index (χ0) is 14.0. The molecule has 0 fully saturated rings. The van der Waals surface area contributed by atoms with Crippen LogP contribution >= 0.6 is 23.2 Å². The van der Waals surface area contributed by atoms with Crippen molar-refractivity contribution in [1.29, 1.82) is 0 Å². The quantitative estimate of drug-likeness (QED) is 0.851. The molecule has 0 radical (unpaired) electrons. The van der Waals surface area contributed by atoms with Crippen molar-refractivity contribution in [3.8, 4) is 11.3 Å². The Kier molecular flexibility index (Phi) is 4.33. The molecule has 0 aliphatic rings. The van der Waals surface area contributed by atoms with Crippen molar-refractivity contribution in [2.45, 2.75) is 20.8 Å². The largest absolute Gasteiger partial charge is 0.369 e. The molecule has 1 N–H and O–H groups in total. The highest BCUT2D eigenvalue weighted by Gasteiger charge is 2.11. The van der Waals surface area contributed by atoms with E-state index in [0.29, 0.717) is 15.9 Å². The van der Waals surface area contributed by atoms with Gasteiger partial charge in [0.15, 0.2) is 0 Å². The first-order valence-electron chi connectivity index (χ1n) is 6.20. The summed E-state index contributed by atoms with van der Waals surface area (Å²) >= 11 is 12.4. The molecule has 2 aromatic rings. The van der Waals surface area contributed by atoms with Gasteiger partial charge in [0.05, 0.1) is 15.7 Å². The van der Waals surface area contributed by atoms with Crippen molar-refractivity contribution in [2.24, 2.45) is 0 Å². The van der Waals surface area contributed by atoms with Gasteiger partial charge in [-0.15, -0.1) is 0 Å². The monoisotopic (exact) mass is 294 g/mol. The summed E-state index contributed by atoms with van der Waals surface area (Å²) < 4.78 is 0. The minimum atomic E-state index is 0.542. The number of nitrogens with zero attached hydrogens (tertiary/aromatic N) is 1. The van der Waals surface area contributed by atoms with Crippen LogP contribution in [-0.2, 0) is 0 Å². The molecular formula is C15H16Cl2N2. The lowest BCUT2D eigenvalue weighted by atomic mass is 10.0. The minimum absolute atomic E-state index is 0.542. The fourth-order valence-corrected chi connectivity index (χ4v) is 2.61. The van der Waals surface area contributed by atoms with E-state index < -0.39 is 0 Å². The van der Waals surface area contributed by atoms with Crippen molar-refractivity contribution in [2.75, 3.05) is 11.9 Å². The van der Waals surface area contributed by atoms with Crippen molar-refractivity contribution >= 4 is 29.0 Å². The van der Waals surface area contributed by atoms with E-state index in [1.54, 1.807) is 6.07 Å². The van der Waals surface area contributed by atoms with Gasteiger partial charge in [-0.2, -0.15) is 0 Å². The topological polar surface area (TPSA) is 24.9 Å². The van der Waals surface area contributed by atoms with Crippen molar-refractivity contribution in [3.63, 3.8) is 0 Å². The SMILES string of the molecule is CCNc1nc(-c2cc(C)cc(C)c2)c(Cl)cc1Cl. The minimum Gasteiger partial charge on any atom is -0.369 e.